The number of pyridine rings is 1. The van der Waals surface area contributed by atoms with E-state index in [1.165, 1.54) is 31.3 Å². The number of aromatic nitrogens is 1. The van der Waals surface area contributed by atoms with Crippen LogP contribution >= 0.6 is 0 Å². The van der Waals surface area contributed by atoms with Crippen LogP contribution in [0.1, 0.15) is 54.2 Å². The summed E-state index contributed by atoms with van der Waals surface area (Å²) in [5, 5.41) is 0.563. The van der Waals surface area contributed by atoms with Gasteiger partial charge in [-0.25, -0.2) is 4.79 Å². The summed E-state index contributed by atoms with van der Waals surface area (Å²) in [7, 11) is 1.35. The van der Waals surface area contributed by atoms with Crippen LogP contribution in [0.2, 0.25) is 0 Å². The third-order valence-corrected chi connectivity index (χ3v) is 5.51. The SMILES string of the molecule is CC[C@@H]1CCCC[NH+]1Cc1c(C)[nH]c2ccc(C(=O)OC)cc2c1=O. The Morgan fingerprint density at radius 2 is 2.16 bits per heavy atom. The van der Waals surface area contributed by atoms with Crippen LogP contribution in [0.5, 0.6) is 0 Å². The van der Waals surface area contributed by atoms with Gasteiger partial charge in [0.05, 0.1) is 30.8 Å². The molecule has 0 spiro atoms. The predicted molar refractivity (Wildman–Crippen MR) is 98.1 cm³/mol. The van der Waals surface area contributed by atoms with Gasteiger partial charge in [-0.05, 0) is 50.8 Å². The van der Waals surface area contributed by atoms with Crippen molar-refractivity contribution in [1.29, 1.82) is 0 Å². The first-order valence-corrected chi connectivity index (χ1v) is 9.13. The molecule has 0 saturated carbocycles. The molecule has 2 atom stereocenters. The Morgan fingerprint density at radius 1 is 1.36 bits per heavy atom. The van der Waals surface area contributed by atoms with Crippen molar-refractivity contribution in [2.75, 3.05) is 13.7 Å². The molecule has 1 unspecified atom stereocenters. The van der Waals surface area contributed by atoms with Gasteiger partial charge in [0.15, 0.2) is 5.43 Å². The van der Waals surface area contributed by atoms with E-state index in [1.807, 2.05) is 6.92 Å². The summed E-state index contributed by atoms with van der Waals surface area (Å²) in [5.74, 6) is -0.420. The number of fused-ring (bicyclic) bond motifs is 1. The van der Waals surface area contributed by atoms with Crippen molar-refractivity contribution in [1.82, 2.24) is 4.98 Å². The number of esters is 1. The fourth-order valence-corrected chi connectivity index (χ4v) is 4.01. The van der Waals surface area contributed by atoms with Gasteiger partial charge in [0.2, 0.25) is 0 Å². The number of hydrogen-bond acceptors (Lipinski definition) is 3. The van der Waals surface area contributed by atoms with Crippen LogP contribution in [0.25, 0.3) is 10.9 Å². The minimum atomic E-state index is -0.420. The summed E-state index contributed by atoms with van der Waals surface area (Å²) in [5.41, 5.74) is 2.97. The molecule has 2 N–H and O–H groups in total. The van der Waals surface area contributed by atoms with Crippen molar-refractivity contribution < 1.29 is 14.4 Å². The number of H-pyrrole nitrogens is 1. The Balaban J connectivity index is 2.02. The van der Waals surface area contributed by atoms with Crippen LogP contribution in [0.4, 0.5) is 0 Å². The summed E-state index contributed by atoms with van der Waals surface area (Å²) >= 11 is 0. The van der Waals surface area contributed by atoms with E-state index in [-0.39, 0.29) is 5.43 Å². The third-order valence-electron chi connectivity index (χ3n) is 5.51. The summed E-state index contributed by atoms with van der Waals surface area (Å²) in [6.45, 7) is 6.07. The molecule has 0 aliphatic carbocycles. The smallest absolute Gasteiger partial charge is 0.337 e. The fourth-order valence-electron chi connectivity index (χ4n) is 4.01. The topological polar surface area (TPSA) is 63.6 Å². The number of benzene rings is 1. The Morgan fingerprint density at radius 3 is 2.88 bits per heavy atom. The number of aromatic amines is 1. The lowest BCUT2D eigenvalue weighted by Gasteiger charge is -2.32. The van der Waals surface area contributed by atoms with Gasteiger partial charge in [0, 0.05) is 16.6 Å². The van der Waals surface area contributed by atoms with E-state index in [2.05, 4.69) is 11.9 Å². The van der Waals surface area contributed by atoms with E-state index in [1.54, 1.807) is 18.2 Å². The van der Waals surface area contributed by atoms with Gasteiger partial charge >= 0.3 is 5.97 Å². The number of carbonyl (C=O) groups excluding carboxylic acids is 1. The van der Waals surface area contributed by atoms with Crippen molar-refractivity contribution in [2.24, 2.45) is 0 Å². The highest BCUT2D eigenvalue weighted by Crippen LogP contribution is 2.15. The lowest BCUT2D eigenvalue weighted by Crippen LogP contribution is -3.15. The standard InChI is InChI=1S/C20H26N2O3/c1-4-15-7-5-6-10-22(15)12-17-13(2)21-18-9-8-14(20(24)25-3)11-16(18)19(17)23/h8-9,11,15H,4-7,10,12H2,1-3H3,(H,21,23)/p+1/t15-/m1/s1. The number of nitrogens with one attached hydrogen (secondary N) is 2. The maximum absolute atomic E-state index is 13.1. The normalized spacial score (nSPS) is 20.6. The highest BCUT2D eigenvalue weighted by Gasteiger charge is 2.26. The minimum absolute atomic E-state index is 0.0323. The molecule has 2 aromatic rings. The van der Waals surface area contributed by atoms with E-state index < -0.39 is 5.97 Å². The lowest BCUT2D eigenvalue weighted by molar-refractivity contribution is -0.944. The number of aryl methyl sites for hydroxylation is 1. The number of piperidine rings is 1. The zero-order valence-electron chi connectivity index (χ0n) is 15.3. The third kappa shape index (κ3) is 3.47. The molecule has 2 heterocycles. The molecule has 1 aliphatic rings. The molecule has 1 fully saturated rings. The molecular formula is C20H27N2O3+. The lowest BCUT2D eigenvalue weighted by atomic mass is 9.98. The van der Waals surface area contributed by atoms with Crippen LogP contribution in [0.3, 0.4) is 0 Å². The van der Waals surface area contributed by atoms with Crippen LogP contribution in [-0.4, -0.2) is 30.6 Å². The molecule has 134 valence electrons. The van der Waals surface area contributed by atoms with Crippen LogP contribution in [0.15, 0.2) is 23.0 Å². The molecule has 5 heteroatoms. The quantitative estimate of drug-likeness (QED) is 0.835. The van der Waals surface area contributed by atoms with Crippen LogP contribution in [0, 0.1) is 6.92 Å². The Kier molecular flexibility index (Phi) is 5.23. The van der Waals surface area contributed by atoms with E-state index in [0.29, 0.717) is 17.0 Å². The van der Waals surface area contributed by atoms with Crippen LogP contribution < -0.4 is 10.3 Å². The second-order valence-corrected chi connectivity index (χ2v) is 7.00. The van der Waals surface area contributed by atoms with Gasteiger partial charge in [-0.15, -0.1) is 0 Å². The van der Waals surface area contributed by atoms with Crippen molar-refractivity contribution in [3.05, 3.63) is 45.2 Å². The Labute approximate surface area is 148 Å². The Bertz CT molecular complexity index is 841. The highest BCUT2D eigenvalue weighted by molar-refractivity contribution is 5.94. The number of rotatable bonds is 4. The average Bonchev–Trinajstić information content (AvgIpc) is 2.64. The molecule has 1 aromatic heterocycles. The van der Waals surface area contributed by atoms with Crippen molar-refractivity contribution in [3.63, 3.8) is 0 Å². The first kappa shape index (κ1) is 17.7. The summed E-state index contributed by atoms with van der Waals surface area (Å²) < 4.78 is 4.77. The summed E-state index contributed by atoms with van der Waals surface area (Å²) in [6, 6.07) is 5.74. The van der Waals surface area contributed by atoms with Crippen molar-refractivity contribution in [2.45, 2.75) is 52.1 Å². The number of likely N-dealkylation sites (tertiary alicyclic amines) is 1. The van der Waals surface area contributed by atoms with Gasteiger partial charge in [0.25, 0.3) is 0 Å². The highest BCUT2D eigenvalue weighted by atomic mass is 16.5. The predicted octanol–water partition coefficient (Wildman–Crippen LogP) is 1.97. The number of ether oxygens (including phenoxy) is 1. The molecule has 3 rings (SSSR count). The van der Waals surface area contributed by atoms with Gasteiger partial charge in [0.1, 0.15) is 6.54 Å². The molecule has 0 amide bonds. The second kappa shape index (κ2) is 7.40. The summed E-state index contributed by atoms with van der Waals surface area (Å²) in [6.07, 6.45) is 4.90. The zero-order valence-corrected chi connectivity index (χ0v) is 15.3. The average molecular weight is 343 g/mol. The molecule has 25 heavy (non-hydrogen) atoms. The largest absolute Gasteiger partial charge is 0.465 e. The van der Waals surface area contributed by atoms with Gasteiger partial charge < -0.3 is 14.6 Å². The van der Waals surface area contributed by atoms with E-state index in [0.717, 1.165) is 36.3 Å². The van der Waals surface area contributed by atoms with Gasteiger partial charge in [-0.3, -0.25) is 4.79 Å². The first-order chi connectivity index (χ1) is 12.0. The zero-order chi connectivity index (χ0) is 18.0. The molecule has 1 aliphatic heterocycles. The molecule has 5 nitrogen and oxygen atoms in total. The van der Waals surface area contributed by atoms with Crippen LogP contribution in [-0.2, 0) is 11.3 Å². The number of hydrogen-bond donors (Lipinski definition) is 2. The van der Waals surface area contributed by atoms with E-state index in [4.69, 9.17) is 4.74 Å². The maximum atomic E-state index is 13.1. The monoisotopic (exact) mass is 343 g/mol. The number of carbonyl (C=O) groups is 1. The van der Waals surface area contributed by atoms with E-state index >= 15 is 0 Å². The summed E-state index contributed by atoms with van der Waals surface area (Å²) in [4.78, 5) is 29.7. The van der Waals surface area contributed by atoms with Gasteiger partial charge in [-0.2, -0.15) is 0 Å². The van der Waals surface area contributed by atoms with Gasteiger partial charge in [-0.1, -0.05) is 6.92 Å². The maximum Gasteiger partial charge on any atom is 0.337 e. The van der Waals surface area contributed by atoms with Crippen molar-refractivity contribution >= 4 is 16.9 Å². The molecular weight excluding hydrogens is 316 g/mol. The van der Waals surface area contributed by atoms with Crippen molar-refractivity contribution in [3.8, 4) is 0 Å². The van der Waals surface area contributed by atoms with E-state index in [9.17, 15) is 9.59 Å². The molecule has 1 saturated heterocycles. The molecule has 1 aromatic carbocycles. The fraction of sp³-hybridized carbons (Fsp3) is 0.500. The second-order valence-electron chi connectivity index (χ2n) is 7.00. The Hall–Kier alpha value is -2.14. The molecule has 0 radical (unpaired) electrons. The first-order valence-electron chi connectivity index (χ1n) is 9.13. The molecule has 0 bridgehead atoms. The minimum Gasteiger partial charge on any atom is -0.465 e. The number of methoxy groups -OCH3 is 1. The number of quaternary nitrogens is 1.